The van der Waals surface area contributed by atoms with Crippen LogP contribution < -0.4 is 0 Å². The first kappa shape index (κ1) is 9.89. The van der Waals surface area contributed by atoms with E-state index in [1.807, 2.05) is 6.92 Å². The number of hydrogen-bond acceptors (Lipinski definition) is 2. The molecule has 1 rings (SSSR count). The minimum Gasteiger partial charge on any atom is -0.292 e. The molecular weight excluding hydrogens is 171 g/mol. The fourth-order valence-corrected chi connectivity index (χ4v) is 1.12. The van der Waals surface area contributed by atoms with E-state index in [0.717, 1.165) is 6.20 Å². The van der Waals surface area contributed by atoms with E-state index in [1.165, 1.54) is 4.68 Å². The van der Waals surface area contributed by atoms with Gasteiger partial charge in [0, 0.05) is 12.5 Å². The van der Waals surface area contributed by atoms with Crippen LogP contribution in [0.4, 0.5) is 4.39 Å². The molecule has 0 aliphatic carbocycles. The summed E-state index contributed by atoms with van der Waals surface area (Å²) in [6.07, 6.45) is 1.08. The average Bonchev–Trinajstić information content (AvgIpc) is 2.45. The summed E-state index contributed by atoms with van der Waals surface area (Å²) in [6.45, 7) is 5.82. The van der Waals surface area contributed by atoms with Gasteiger partial charge in [-0.05, 0) is 6.92 Å². The van der Waals surface area contributed by atoms with Gasteiger partial charge >= 0.3 is 0 Å². The lowest BCUT2D eigenvalue weighted by Gasteiger charge is -2.05. The SMILES string of the molecule is CCn1ncc(F)c1C(=O)C(C)C. The lowest BCUT2D eigenvalue weighted by Crippen LogP contribution is -2.15. The lowest BCUT2D eigenvalue weighted by atomic mass is 10.1. The number of Topliss-reactive ketones (excluding diaryl/α,β-unsaturated/α-hetero) is 1. The van der Waals surface area contributed by atoms with Crippen LogP contribution in [0.25, 0.3) is 0 Å². The second-order valence-corrected chi connectivity index (χ2v) is 3.18. The van der Waals surface area contributed by atoms with E-state index in [1.54, 1.807) is 13.8 Å². The number of nitrogens with zero attached hydrogens (tertiary/aromatic N) is 2. The lowest BCUT2D eigenvalue weighted by molar-refractivity contribution is 0.0924. The van der Waals surface area contributed by atoms with Crippen molar-refractivity contribution in [2.75, 3.05) is 0 Å². The fourth-order valence-electron chi connectivity index (χ4n) is 1.12. The van der Waals surface area contributed by atoms with Crippen LogP contribution in [0.2, 0.25) is 0 Å². The predicted octanol–water partition coefficient (Wildman–Crippen LogP) is 1.88. The normalized spacial score (nSPS) is 10.8. The molecule has 0 unspecified atom stereocenters. The van der Waals surface area contributed by atoms with Crippen LogP contribution in [0.3, 0.4) is 0 Å². The largest absolute Gasteiger partial charge is 0.292 e. The minimum absolute atomic E-state index is 0.0949. The quantitative estimate of drug-likeness (QED) is 0.672. The standard InChI is InChI=1S/C9H13FN2O/c1-4-12-8(7(10)5-11-12)9(13)6(2)3/h5-6H,4H2,1-3H3. The van der Waals surface area contributed by atoms with Gasteiger partial charge in [-0.3, -0.25) is 9.48 Å². The average molecular weight is 184 g/mol. The summed E-state index contributed by atoms with van der Waals surface area (Å²) in [5.41, 5.74) is 0.0949. The first-order chi connectivity index (χ1) is 6.07. The molecule has 0 spiro atoms. The second-order valence-electron chi connectivity index (χ2n) is 3.18. The summed E-state index contributed by atoms with van der Waals surface area (Å²) in [5.74, 6) is -0.922. The van der Waals surface area contributed by atoms with E-state index in [-0.39, 0.29) is 17.4 Å². The van der Waals surface area contributed by atoms with Crippen LogP contribution in [-0.2, 0) is 6.54 Å². The van der Waals surface area contributed by atoms with Crippen LogP contribution in [-0.4, -0.2) is 15.6 Å². The number of hydrogen-bond donors (Lipinski definition) is 0. The molecule has 0 fully saturated rings. The molecule has 13 heavy (non-hydrogen) atoms. The zero-order chi connectivity index (χ0) is 10.0. The van der Waals surface area contributed by atoms with E-state index in [4.69, 9.17) is 0 Å². The molecule has 1 heterocycles. The van der Waals surface area contributed by atoms with Crippen molar-refractivity contribution in [3.05, 3.63) is 17.7 Å². The minimum atomic E-state index is -0.527. The Morgan fingerprint density at radius 2 is 2.31 bits per heavy atom. The van der Waals surface area contributed by atoms with Crippen LogP contribution >= 0.6 is 0 Å². The number of carbonyl (C=O) groups excluding carboxylic acids is 1. The molecule has 0 N–H and O–H groups in total. The van der Waals surface area contributed by atoms with Crippen LogP contribution in [0.5, 0.6) is 0 Å². The van der Waals surface area contributed by atoms with Crippen LogP contribution in [0.15, 0.2) is 6.20 Å². The van der Waals surface area contributed by atoms with Gasteiger partial charge in [-0.1, -0.05) is 13.8 Å². The highest BCUT2D eigenvalue weighted by atomic mass is 19.1. The summed E-state index contributed by atoms with van der Waals surface area (Å²) in [7, 11) is 0. The van der Waals surface area contributed by atoms with Gasteiger partial charge in [0.25, 0.3) is 0 Å². The molecule has 0 amide bonds. The molecule has 4 heteroatoms. The Balaban J connectivity index is 3.11. The smallest absolute Gasteiger partial charge is 0.186 e. The van der Waals surface area contributed by atoms with Gasteiger partial charge in [0.15, 0.2) is 11.6 Å². The van der Waals surface area contributed by atoms with E-state index in [2.05, 4.69) is 5.10 Å². The third kappa shape index (κ3) is 1.76. The topological polar surface area (TPSA) is 34.9 Å². The number of aromatic nitrogens is 2. The third-order valence-electron chi connectivity index (χ3n) is 1.85. The summed E-state index contributed by atoms with van der Waals surface area (Å²) in [6, 6.07) is 0. The van der Waals surface area contributed by atoms with Gasteiger partial charge in [-0.2, -0.15) is 5.10 Å². The first-order valence-corrected chi connectivity index (χ1v) is 4.33. The molecule has 72 valence electrons. The molecule has 0 aromatic carbocycles. The molecule has 0 aliphatic rings. The highest BCUT2D eigenvalue weighted by Gasteiger charge is 2.20. The molecular formula is C9H13FN2O. The van der Waals surface area contributed by atoms with Crippen molar-refractivity contribution >= 4 is 5.78 Å². The third-order valence-corrected chi connectivity index (χ3v) is 1.85. The highest BCUT2D eigenvalue weighted by Crippen LogP contribution is 2.12. The van der Waals surface area contributed by atoms with Crippen molar-refractivity contribution in [1.29, 1.82) is 0 Å². The number of aryl methyl sites for hydroxylation is 1. The predicted molar refractivity (Wildman–Crippen MR) is 47.0 cm³/mol. The molecule has 0 aliphatic heterocycles. The summed E-state index contributed by atoms with van der Waals surface area (Å²) >= 11 is 0. The Kier molecular flexibility index (Phi) is 2.80. The Morgan fingerprint density at radius 3 is 2.77 bits per heavy atom. The molecule has 0 saturated heterocycles. The number of halogens is 1. The summed E-state index contributed by atoms with van der Waals surface area (Å²) in [4.78, 5) is 11.5. The Bertz CT molecular complexity index is 317. The maximum absolute atomic E-state index is 13.1. The van der Waals surface area contributed by atoms with Crippen molar-refractivity contribution < 1.29 is 9.18 Å². The van der Waals surface area contributed by atoms with Gasteiger partial charge in [0.1, 0.15) is 5.69 Å². The van der Waals surface area contributed by atoms with Gasteiger partial charge in [-0.15, -0.1) is 0 Å². The molecule has 0 bridgehead atoms. The van der Waals surface area contributed by atoms with Crippen molar-refractivity contribution in [3.8, 4) is 0 Å². The van der Waals surface area contributed by atoms with Crippen LogP contribution in [0, 0.1) is 11.7 Å². The van der Waals surface area contributed by atoms with Gasteiger partial charge in [0.2, 0.25) is 0 Å². The van der Waals surface area contributed by atoms with E-state index in [9.17, 15) is 9.18 Å². The summed E-state index contributed by atoms with van der Waals surface area (Å²) < 4.78 is 14.5. The number of ketones is 1. The molecule has 1 aromatic heterocycles. The first-order valence-electron chi connectivity index (χ1n) is 4.33. The van der Waals surface area contributed by atoms with Crippen LogP contribution in [0.1, 0.15) is 31.3 Å². The second kappa shape index (κ2) is 3.68. The van der Waals surface area contributed by atoms with Gasteiger partial charge in [-0.25, -0.2) is 4.39 Å². The van der Waals surface area contributed by atoms with Crippen molar-refractivity contribution in [2.24, 2.45) is 5.92 Å². The zero-order valence-electron chi connectivity index (χ0n) is 8.04. The highest BCUT2D eigenvalue weighted by molar-refractivity contribution is 5.96. The zero-order valence-corrected chi connectivity index (χ0v) is 8.04. The fraction of sp³-hybridized carbons (Fsp3) is 0.556. The molecule has 0 saturated carbocycles. The van der Waals surface area contributed by atoms with Crippen molar-refractivity contribution in [2.45, 2.75) is 27.3 Å². The van der Waals surface area contributed by atoms with Crippen molar-refractivity contribution in [3.63, 3.8) is 0 Å². The Labute approximate surface area is 76.6 Å². The van der Waals surface area contributed by atoms with E-state index >= 15 is 0 Å². The van der Waals surface area contributed by atoms with E-state index in [0.29, 0.717) is 6.54 Å². The maximum Gasteiger partial charge on any atom is 0.186 e. The number of carbonyl (C=O) groups is 1. The Morgan fingerprint density at radius 1 is 1.69 bits per heavy atom. The van der Waals surface area contributed by atoms with Gasteiger partial charge in [0.05, 0.1) is 6.20 Å². The molecule has 1 aromatic rings. The van der Waals surface area contributed by atoms with Gasteiger partial charge < -0.3 is 0 Å². The van der Waals surface area contributed by atoms with Crippen molar-refractivity contribution in [1.82, 2.24) is 9.78 Å². The summed E-state index contributed by atoms with van der Waals surface area (Å²) in [5, 5.41) is 3.76. The molecule has 3 nitrogen and oxygen atoms in total. The Hall–Kier alpha value is -1.19. The number of rotatable bonds is 3. The van der Waals surface area contributed by atoms with E-state index < -0.39 is 5.82 Å². The molecule has 0 atom stereocenters. The maximum atomic E-state index is 13.1. The molecule has 0 radical (unpaired) electrons. The monoisotopic (exact) mass is 184 g/mol.